The first-order valence-corrected chi connectivity index (χ1v) is 6.98. The molecular formula is C15H14BrNO3. The number of hydrogen-bond donors (Lipinski definition) is 3. The van der Waals surface area contributed by atoms with E-state index in [4.69, 9.17) is 0 Å². The Morgan fingerprint density at radius 2 is 1.80 bits per heavy atom. The second kappa shape index (κ2) is 6.43. The number of hydrogen-bond acceptors (Lipinski definition) is 3. The van der Waals surface area contributed by atoms with Crippen molar-refractivity contribution in [3.8, 4) is 11.5 Å². The van der Waals surface area contributed by atoms with Gasteiger partial charge in [-0.2, -0.15) is 0 Å². The summed E-state index contributed by atoms with van der Waals surface area (Å²) in [5.41, 5.74) is 1.37. The summed E-state index contributed by atoms with van der Waals surface area (Å²) in [6.45, 7) is 0.421. The van der Waals surface area contributed by atoms with Crippen LogP contribution < -0.4 is 5.32 Å². The summed E-state index contributed by atoms with van der Waals surface area (Å²) in [7, 11) is 0. The highest BCUT2D eigenvalue weighted by Gasteiger charge is 2.12. The van der Waals surface area contributed by atoms with Crippen LogP contribution in [0, 0.1) is 0 Å². The van der Waals surface area contributed by atoms with Gasteiger partial charge in [0.15, 0.2) is 11.5 Å². The van der Waals surface area contributed by atoms with Crippen LogP contribution in [-0.2, 0) is 0 Å². The minimum atomic E-state index is -0.309. The number of carbonyl (C=O) groups is 1. The van der Waals surface area contributed by atoms with E-state index in [9.17, 15) is 15.0 Å². The molecule has 0 saturated heterocycles. The number of phenols is 2. The Balaban J connectivity index is 1.97. The Bertz CT molecular complexity index is 601. The zero-order chi connectivity index (χ0) is 14.5. The third-order valence-electron chi connectivity index (χ3n) is 2.84. The van der Waals surface area contributed by atoms with Crippen LogP contribution in [0.1, 0.15) is 20.7 Å². The van der Waals surface area contributed by atoms with E-state index in [1.165, 1.54) is 18.2 Å². The van der Waals surface area contributed by atoms with Crippen molar-refractivity contribution in [3.05, 3.63) is 59.7 Å². The number of carbonyl (C=O) groups excluding carboxylic acids is 1. The van der Waals surface area contributed by atoms with Gasteiger partial charge in [-0.1, -0.05) is 46.3 Å². The molecule has 0 radical (unpaired) electrons. The molecule has 1 unspecified atom stereocenters. The standard InChI is InChI=1S/C15H14BrNO3/c16-12(10-4-2-1-3-5-10)9-17-15(20)11-6-7-13(18)14(19)8-11/h1-8,12,18-19H,9H2,(H,17,20). The van der Waals surface area contributed by atoms with E-state index in [0.717, 1.165) is 5.56 Å². The third-order valence-corrected chi connectivity index (χ3v) is 3.69. The van der Waals surface area contributed by atoms with E-state index < -0.39 is 0 Å². The van der Waals surface area contributed by atoms with E-state index in [1.54, 1.807) is 0 Å². The molecule has 0 fully saturated rings. The number of halogens is 1. The molecule has 104 valence electrons. The SMILES string of the molecule is O=C(NCC(Br)c1ccccc1)c1ccc(O)c(O)c1. The van der Waals surface area contributed by atoms with E-state index in [2.05, 4.69) is 21.2 Å². The van der Waals surface area contributed by atoms with Crippen molar-refractivity contribution in [2.45, 2.75) is 4.83 Å². The minimum Gasteiger partial charge on any atom is -0.504 e. The lowest BCUT2D eigenvalue weighted by molar-refractivity contribution is 0.0953. The highest BCUT2D eigenvalue weighted by atomic mass is 79.9. The predicted molar refractivity (Wildman–Crippen MR) is 80.2 cm³/mol. The summed E-state index contributed by atoms with van der Waals surface area (Å²) in [6, 6.07) is 13.7. The average molecular weight is 336 g/mol. The molecule has 2 aromatic rings. The molecule has 0 spiro atoms. The highest BCUT2D eigenvalue weighted by molar-refractivity contribution is 9.09. The molecule has 3 N–H and O–H groups in total. The molecule has 5 heteroatoms. The van der Waals surface area contributed by atoms with Crippen molar-refractivity contribution in [1.82, 2.24) is 5.32 Å². The smallest absolute Gasteiger partial charge is 0.251 e. The Hall–Kier alpha value is -2.01. The van der Waals surface area contributed by atoms with Gasteiger partial charge in [-0.3, -0.25) is 4.79 Å². The summed E-state index contributed by atoms with van der Waals surface area (Å²) in [5.74, 6) is -0.860. The Kier molecular flexibility index (Phi) is 4.63. The van der Waals surface area contributed by atoms with Gasteiger partial charge in [0.05, 0.1) is 4.83 Å². The second-order valence-electron chi connectivity index (χ2n) is 4.29. The lowest BCUT2D eigenvalue weighted by Gasteiger charge is -2.11. The maximum Gasteiger partial charge on any atom is 0.251 e. The molecule has 1 atom stereocenters. The summed E-state index contributed by atoms with van der Waals surface area (Å²) in [6.07, 6.45) is 0. The van der Waals surface area contributed by atoms with Gasteiger partial charge < -0.3 is 15.5 Å². The van der Waals surface area contributed by atoms with Gasteiger partial charge in [0, 0.05) is 12.1 Å². The number of benzene rings is 2. The van der Waals surface area contributed by atoms with Gasteiger partial charge in [0.25, 0.3) is 5.91 Å². The molecular weight excluding hydrogens is 322 g/mol. The fourth-order valence-corrected chi connectivity index (χ4v) is 2.20. The number of alkyl halides is 1. The van der Waals surface area contributed by atoms with Gasteiger partial charge in [-0.15, -0.1) is 0 Å². The summed E-state index contributed by atoms with van der Waals surface area (Å²) < 4.78 is 0. The Morgan fingerprint density at radius 3 is 2.45 bits per heavy atom. The van der Waals surface area contributed by atoms with Crippen LogP contribution in [0.3, 0.4) is 0 Å². The van der Waals surface area contributed by atoms with Gasteiger partial charge in [-0.05, 0) is 23.8 Å². The molecule has 20 heavy (non-hydrogen) atoms. The maximum atomic E-state index is 11.9. The number of nitrogens with one attached hydrogen (secondary N) is 1. The lowest BCUT2D eigenvalue weighted by atomic mass is 10.1. The van der Waals surface area contributed by atoms with Crippen molar-refractivity contribution >= 4 is 21.8 Å². The van der Waals surface area contributed by atoms with Crippen LogP contribution in [0.15, 0.2) is 48.5 Å². The van der Waals surface area contributed by atoms with E-state index in [-0.39, 0.29) is 22.2 Å². The average Bonchev–Trinajstić information content (AvgIpc) is 2.48. The Labute approximate surface area is 125 Å². The number of phenolic OH excluding ortho intramolecular Hbond substituents is 2. The Morgan fingerprint density at radius 1 is 1.10 bits per heavy atom. The van der Waals surface area contributed by atoms with E-state index in [1.807, 2.05) is 30.3 Å². The molecule has 2 aromatic carbocycles. The fraction of sp³-hybridized carbons (Fsp3) is 0.133. The molecule has 0 saturated carbocycles. The number of rotatable bonds is 4. The summed E-state index contributed by atoms with van der Waals surface area (Å²) >= 11 is 3.51. The zero-order valence-corrected chi connectivity index (χ0v) is 12.2. The second-order valence-corrected chi connectivity index (χ2v) is 5.40. The monoisotopic (exact) mass is 335 g/mol. The summed E-state index contributed by atoms with van der Waals surface area (Å²) in [4.78, 5) is 11.9. The molecule has 1 amide bonds. The first kappa shape index (κ1) is 14.4. The maximum absolute atomic E-state index is 11.9. The first-order valence-electron chi connectivity index (χ1n) is 6.07. The van der Waals surface area contributed by atoms with Crippen molar-refractivity contribution in [2.24, 2.45) is 0 Å². The van der Waals surface area contributed by atoms with Gasteiger partial charge in [0.2, 0.25) is 0 Å². The molecule has 0 aliphatic carbocycles. The molecule has 0 bridgehead atoms. The van der Waals surface area contributed by atoms with Gasteiger partial charge in [0.1, 0.15) is 0 Å². The van der Waals surface area contributed by atoms with E-state index >= 15 is 0 Å². The van der Waals surface area contributed by atoms with Crippen LogP contribution in [0.4, 0.5) is 0 Å². The third kappa shape index (κ3) is 3.51. The van der Waals surface area contributed by atoms with Crippen molar-refractivity contribution < 1.29 is 15.0 Å². The molecule has 0 aliphatic rings. The van der Waals surface area contributed by atoms with Crippen LogP contribution in [0.5, 0.6) is 11.5 Å². The topological polar surface area (TPSA) is 69.6 Å². The molecule has 4 nitrogen and oxygen atoms in total. The molecule has 2 rings (SSSR count). The molecule has 0 aromatic heterocycles. The normalized spacial score (nSPS) is 11.8. The van der Waals surface area contributed by atoms with E-state index in [0.29, 0.717) is 12.1 Å². The van der Waals surface area contributed by atoms with Crippen molar-refractivity contribution in [3.63, 3.8) is 0 Å². The zero-order valence-electron chi connectivity index (χ0n) is 10.6. The highest BCUT2D eigenvalue weighted by Crippen LogP contribution is 2.25. The van der Waals surface area contributed by atoms with Crippen LogP contribution in [-0.4, -0.2) is 22.7 Å². The van der Waals surface area contributed by atoms with Gasteiger partial charge in [-0.25, -0.2) is 0 Å². The van der Waals surface area contributed by atoms with Crippen molar-refractivity contribution in [2.75, 3.05) is 6.54 Å². The quantitative estimate of drug-likeness (QED) is 0.594. The fourth-order valence-electron chi connectivity index (χ4n) is 1.73. The summed E-state index contributed by atoms with van der Waals surface area (Å²) in [5, 5.41) is 21.3. The first-order chi connectivity index (χ1) is 9.58. The van der Waals surface area contributed by atoms with Crippen LogP contribution in [0.25, 0.3) is 0 Å². The number of aromatic hydroxyl groups is 2. The van der Waals surface area contributed by atoms with Crippen LogP contribution in [0.2, 0.25) is 0 Å². The van der Waals surface area contributed by atoms with Gasteiger partial charge >= 0.3 is 0 Å². The lowest BCUT2D eigenvalue weighted by Crippen LogP contribution is -2.26. The minimum absolute atomic E-state index is 0.0124. The number of amides is 1. The largest absolute Gasteiger partial charge is 0.504 e. The van der Waals surface area contributed by atoms with Crippen molar-refractivity contribution in [1.29, 1.82) is 0 Å². The molecule has 0 heterocycles. The molecule has 0 aliphatic heterocycles. The predicted octanol–water partition coefficient (Wildman–Crippen LogP) is 2.96. The van der Waals surface area contributed by atoms with Crippen LogP contribution >= 0.6 is 15.9 Å².